The van der Waals surface area contributed by atoms with Crippen LogP contribution in [0.1, 0.15) is 11.6 Å². The Labute approximate surface area is 95.0 Å². The van der Waals surface area contributed by atoms with E-state index in [1.165, 1.54) is 0 Å². The van der Waals surface area contributed by atoms with E-state index >= 15 is 0 Å². The second-order valence-corrected chi connectivity index (χ2v) is 3.96. The fourth-order valence-corrected chi connectivity index (χ4v) is 1.75. The van der Waals surface area contributed by atoms with Crippen LogP contribution in [0, 0.1) is 10.1 Å². The predicted molar refractivity (Wildman–Crippen MR) is 48.9 cm³/mol. The predicted octanol–water partition coefficient (Wildman–Crippen LogP) is 2.85. The Kier molecular flexibility index (Phi) is 3.39. The summed E-state index contributed by atoms with van der Waals surface area (Å²) in [5, 5.41) is 10.5. The van der Waals surface area contributed by atoms with Crippen molar-refractivity contribution in [3.05, 3.63) is 27.1 Å². The fourth-order valence-electron chi connectivity index (χ4n) is 0.983. The van der Waals surface area contributed by atoms with Crippen LogP contribution in [-0.2, 0) is 0 Å². The molecule has 1 rings (SSSR count). The van der Waals surface area contributed by atoms with Crippen LogP contribution in [0.3, 0.4) is 0 Å². The molecular weight excluding hydrogens is 271 g/mol. The molecule has 1 aromatic heterocycles. The van der Waals surface area contributed by atoms with Crippen molar-refractivity contribution in [1.82, 2.24) is 0 Å². The highest BCUT2D eigenvalue weighted by Crippen LogP contribution is 2.44. The Morgan fingerprint density at radius 2 is 1.88 bits per heavy atom. The van der Waals surface area contributed by atoms with Crippen LogP contribution in [0.25, 0.3) is 0 Å². The molecule has 0 saturated heterocycles. The second-order valence-electron chi connectivity index (χ2n) is 3.07. The van der Waals surface area contributed by atoms with Gasteiger partial charge in [0, 0.05) is 11.4 Å². The van der Waals surface area contributed by atoms with Gasteiger partial charge in [0.1, 0.15) is 6.04 Å². The minimum atomic E-state index is -5.80. The third kappa shape index (κ3) is 2.52. The minimum absolute atomic E-state index is 0.433. The first-order chi connectivity index (χ1) is 7.57. The molecule has 17 heavy (non-hydrogen) atoms. The number of thiophene rings is 1. The van der Waals surface area contributed by atoms with Gasteiger partial charge in [0.05, 0.1) is 4.92 Å². The summed E-state index contributed by atoms with van der Waals surface area (Å²) in [7, 11) is 0. The van der Waals surface area contributed by atoms with Gasteiger partial charge in [0.15, 0.2) is 0 Å². The van der Waals surface area contributed by atoms with E-state index < -0.39 is 33.6 Å². The summed E-state index contributed by atoms with van der Waals surface area (Å²) in [5.74, 6) is -5.14. The van der Waals surface area contributed by atoms with Crippen LogP contribution >= 0.6 is 11.3 Å². The van der Waals surface area contributed by atoms with Gasteiger partial charge in [-0.05, 0) is 5.56 Å². The molecule has 0 bridgehead atoms. The summed E-state index contributed by atoms with van der Waals surface area (Å²) < 4.78 is 61.5. The Hall–Kier alpha value is -1.29. The van der Waals surface area contributed by atoms with Crippen LogP contribution in [0.4, 0.5) is 27.0 Å². The Balaban J connectivity index is 3.04. The topological polar surface area (TPSA) is 69.2 Å². The van der Waals surface area contributed by atoms with Gasteiger partial charge in [-0.2, -0.15) is 22.0 Å². The lowest BCUT2D eigenvalue weighted by molar-refractivity contribution is -0.380. The van der Waals surface area contributed by atoms with Crippen LogP contribution in [0.2, 0.25) is 0 Å². The number of halogens is 5. The van der Waals surface area contributed by atoms with Gasteiger partial charge >= 0.3 is 17.1 Å². The molecule has 1 heterocycles. The van der Waals surface area contributed by atoms with E-state index in [9.17, 15) is 32.1 Å². The molecule has 0 spiro atoms. The third-order valence-electron chi connectivity index (χ3n) is 1.91. The molecule has 0 aromatic carbocycles. The van der Waals surface area contributed by atoms with E-state index in [1.807, 2.05) is 0 Å². The zero-order chi connectivity index (χ0) is 13.4. The number of nitrogens with zero attached hydrogens (tertiary/aromatic N) is 1. The minimum Gasteiger partial charge on any atom is -0.319 e. The average Bonchev–Trinajstić information content (AvgIpc) is 2.63. The Bertz CT molecular complexity index is 430. The number of alkyl halides is 5. The molecule has 0 amide bonds. The standard InChI is InChI=1S/C7H5F5N2O2S/c8-6(9,7(10,11)12)5(13)3-1-4(14(15)16)17-2-3/h1-2,5H,13H2/t5-/m1/s1. The molecule has 0 aliphatic heterocycles. The molecule has 2 N–H and O–H groups in total. The summed E-state index contributed by atoms with van der Waals surface area (Å²) in [4.78, 5) is 9.35. The first-order valence-corrected chi connectivity index (χ1v) is 4.88. The molecule has 0 unspecified atom stereocenters. The van der Waals surface area contributed by atoms with Crippen molar-refractivity contribution in [3.63, 3.8) is 0 Å². The summed E-state index contributed by atoms with van der Waals surface area (Å²) in [5.41, 5.74) is 4.17. The van der Waals surface area contributed by atoms with Crippen molar-refractivity contribution < 1.29 is 26.9 Å². The lowest BCUT2D eigenvalue weighted by Gasteiger charge is -2.24. The number of nitro groups is 1. The highest BCUT2D eigenvalue weighted by Gasteiger charge is 2.61. The number of nitrogens with two attached hydrogens (primary N) is 1. The van der Waals surface area contributed by atoms with Crippen molar-refractivity contribution >= 4 is 16.3 Å². The zero-order valence-corrected chi connectivity index (χ0v) is 8.69. The normalized spacial score (nSPS) is 14.7. The monoisotopic (exact) mass is 276 g/mol. The summed E-state index contributed by atoms with van der Waals surface area (Å²) in [6.45, 7) is 0. The zero-order valence-electron chi connectivity index (χ0n) is 7.87. The Morgan fingerprint density at radius 3 is 2.24 bits per heavy atom. The highest BCUT2D eigenvalue weighted by molar-refractivity contribution is 7.13. The van der Waals surface area contributed by atoms with E-state index in [0.717, 1.165) is 5.38 Å². The van der Waals surface area contributed by atoms with Gasteiger partial charge in [-0.1, -0.05) is 11.3 Å². The smallest absolute Gasteiger partial charge is 0.319 e. The highest BCUT2D eigenvalue weighted by atomic mass is 32.1. The molecule has 0 aliphatic carbocycles. The van der Waals surface area contributed by atoms with Crippen LogP contribution in [0.15, 0.2) is 11.4 Å². The first-order valence-electron chi connectivity index (χ1n) is 4.00. The maximum absolute atomic E-state index is 12.8. The quantitative estimate of drug-likeness (QED) is 0.524. The summed E-state index contributed by atoms with van der Waals surface area (Å²) in [6, 6.07) is -2.05. The lowest BCUT2D eigenvalue weighted by Crippen LogP contribution is -2.45. The molecule has 96 valence electrons. The van der Waals surface area contributed by atoms with Crippen molar-refractivity contribution in [1.29, 1.82) is 0 Å². The van der Waals surface area contributed by atoms with Crippen molar-refractivity contribution in [2.75, 3.05) is 0 Å². The lowest BCUT2D eigenvalue weighted by atomic mass is 10.0. The summed E-state index contributed by atoms with van der Waals surface area (Å²) >= 11 is 0.433. The molecule has 0 aliphatic rings. The molecule has 4 nitrogen and oxygen atoms in total. The van der Waals surface area contributed by atoms with Crippen molar-refractivity contribution in [3.8, 4) is 0 Å². The molecule has 0 radical (unpaired) electrons. The third-order valence-corrected chi connectivity index (χ3v) is 2.81. The number of hydrogen-bond donors (Lipinski definition) is 1. The van der Waals surface area contributed by atoms with E-state index in [1.54, 1.807) is 0 Å². The Morgan fingerprint density at radius 1 is 1.35 bits per heavy atom. The number of rotatable bonds is 3. The molecule has 1 aromatic rings. The van der Waals surface area contributed by atoms with Crippen LogP contribution < -0.4 is 5.73 Å². The maximum atomic E-state index is 12.8. The summed E-state index contributed by atoms with van der Waals surface area (Å²) in [6.07, 6.45) is -5.80. The molecule has 10 heteroatoms. The van der Waals surface area contributed by atoms with Gasteiger partial charge in [0.25, 0.3) is 0 Å². The molecule has 0 saturated carbocycles. The maximum Gasteiger partial charge on any atom is 0.455 e. The van der Waals surface area contributed by atoms with Gasteiger partial charge in [-0.3, -0.25) is 10.1 Å². The largest absolute Gasteiger partial charge is 0.455 e. The first kappa shape index (κ1) is 13.8. The van der Waals surface area contributed by atoms with Crippen molar-refractivity contribution in [2.45, 2.75) is 18.1 Å². The van der Waals surface area contributed by atoms with E-state index in [4.69, 9.17) is 5.73 Å². The average molecular weight is 276 g/mol. The second kappa shape index (κ2) is 4.18. The van der Waals surface area contributed by atoms with Gasteiger partial charge in [0.2, 0.25) is 0 Å². The fraction of sp³-hybridized carbons (Fsp3) is 0.429. The van der Waals surface area contributed by atoms with Gasteiger partial charge in [-0.15, -0.1) is 0 Å². The number of hydrogen-bond acceptors (Lipinski definition) is 4. The molecular formula is C7H5F5N2O2S. The van der Waals surface area contributed by atoms with Gasteiger partial charge in [-0.25, -0.2) is 0 Å². The molecule has 1 atom stereocenters. The van der Waals surface area contributed by atoms with E-state index in [-0.39, 0.29) is 0 Å². The SMILES string of the molecule is N[C@H](c1csc([N+](=O)[O-])c1)C(F)(F)C(F)(F)F. The van der Waals surface area contributed by atoms with Crippen LogP contribution in [0.5, 0.6) is 0 Å². The van der Waals surface area contributed by atoms with E-state index in [0.29, 0.717) is 17.4 Å². The van der Waals surface area contributed by atoms with Gasteiger partial charge < -0.3 is 5.73 Å². The van der Waals surface area contributed by atoms with E-state index in [2.05, 4.69) is 0 Å². The van der Waals surface area contributed by atoms with Crippen LogP contribution in [-0.4, -0.2) is 17.0 Å². The molecule has 0 fully saturated rings. The van der Waals surface area contributed by atoms with Crippen molar-refractivity contribution in [2.24, 2.45) is 5.73 Å².